The normalized spacial score (nSPS) is 12.4. The molecule has 0 bridgehead atoms. The molecule has 0 amide bonds. The smallest absolute Gasteiger partial charge is 0.319 e. The highest BCUT2D eigenvalue weighted by atomic mass is 32.2. The summed E-state index contributed by atoms with van der Waals surface area (Å²) < 4.78 is 5.12. The van der Waals surface area contributed by atoms with Crippen LogP contribution in [0.2, 0.25) is 0 Å². The number of carbonyl (C=O) groups excluding carboxylic acids is 1. The van der Waals surface area contributed by atoms with Crippen molar-refractivity contribution in [2.45, 2.75) is 37.3 Å². The number of rotatable bonds is 6. The third kappa shape index (κ3) is 5.00. The van der Waals surface area contributed by atoms with Gasteiger partial charge in [0.25, 0.3) is 0 Å². The van der Waals surface area contributed by atoms with Crippen LogP contribution >= 0.6 is 11.8 Å². The van der Waals surface area contributed by atoms with Gasteiger partial charge in [0.15, 0.2) is 0 Å². The van der Waals surface area contributed by atoms with E-state index in [1.54, 1.807) is 11.8 Å². The van der Waals surface area contributed by atoms with Crippen LogP contribution in [-0.4, -0.2) is 17.8 Å². The Morgan fingerprint density at radius 3 is 2.44 bits per heavy atom. The Bertz CT molecular complexity index is 376. The lowest BCUT2D eigenvalue weighted by molar-refractivity contribution is -0.142. The molecule has 100 valence electrons. The van der Waals surface area contributed by atoms with Gasteiger partial charge in [0.05, 0.1) is 6.61 Å². The van der Waals surface area contributed by atoms with E-state index in [0.717, 1.165) is 17.0 Å². The molecule has 0 heterocycles. The molecule has 4 heteroatoms. The molecule has 0 aliphatic rings. The van der Waals surface area contributed by atoms with Gasteiger partial charge >= 0.3 is 5.97 Å². The number of nitrogen functional groups attached to an aromatic ring is 1. The summed E-state index contributed by atoms with van der Waals surface area (Å²) in [5.74, 6) is 0.328. The van der Waals surface area contributed by atoms with Crippen LogP contribution in [0.3, 0.4) is 0 Å². The highest BCUT2D eigenvalue weighted by molar-refractivity contribution is 8.00. The topological polar surface area (TPSA) is 52.3 Å². The van der Waals surface area contributed by atoms with Crippen LogP contribution in [-0.2, 0) is 9.53 Å². The average Bonchev–Trinajstić information content (AvgIpc) is 2.31. The lowest BCUT2D eigenvalue weighted by Crippen LogP contribution is -2.22. The lowest BCUT2D eigenvalue weighted by atomic mass is 10.1. The largest absolute Gasteiger partial charge is 0.465 e. The molecule has 1 unspecified atom stereocenters. The molecule has 3 nitrogen and oxygen atoms in total. The number of ether oxygens (including phenoxy) is 1. The van der Waals surface area contributed by atoms with E-state index in [-0.39, 0.29) is 11.2 Å². The highest BCUT2D eigenvalue weighted by Gasteiger charge is 2.22. The Labute approximate surface area is 113 Å². The monoisotopic (exact) mass is 267 g/mol. The second kappa shape index (κ2) is 7.31. The molecular weight excluding hydrogens is 246 g/mol. The fraction of sp³-hybridized carbons (Fsp3) is 0.500. The third-order valence-corrected chi connectivity index (χ3v) is 3.61. The van der Waals surface area contributed by atoms with Gasteiger partial charge in [-0.2, -0.15) is 0 Å². The molecule has 1 rings (SSSR count). The zero-order chi connectivity index (χ0) is 13.5. The minimum absolute atomic E-state index is 0.131. The molecule has 1 atom stereocenters. The van der Waals surface area contributed by atoms with Gasteiger partial charge in [-0.25, -0.2) is 0 Å². The molecule has 1 aromatic rings. The molecule has 1 aromatic carbocycles. The van der Waals surface area contributed by atoms with E-state index in [2.05, 4.69) is 13.8 Å². The molecule has 0 aliphatic carbocycles. The number of benzene rings is 1. The molecule has 0 spiro atoms. The van der Waals surface area contributed by atoms with Crippen LogP contribution in [0.25, 0.3) is 0 Å². The van der Waals surface area contributed by atoms with Crippen LogP contribution in [0.15, 0.2) is 29.2 Å². The van der Waals surface area contributed by atoms with Crippen molar-refractivity contribution in [3.05, 3.63) is 24.3 Å². The lowest BCUT2D eigenvalue weighted by Gasteiger charge is -2.17. The molecule has 0 fully saturated rings. The summed E-state index contributed by atoms with van der Waals surface area (Å²) in [5.41, 5.74) is 6.38. The highest BCUT2D eigenvalue weighted by Crippen LogP contribution is 2.29. The van der Waals surface area contributed by atoms with Crippen molar-refractivity contribution in [2.75, 3.05) is 12.3 Å². The molecule has 0 saturated heterocycles. The minimum atomic E-state index is -0.145. The number of hydrogen-bond acceptors (Lipinski definition) is 4. The molecule has 0 radical (unpaired) electrons. The van der Waals surface area contributed by atoms with Crippen molar-refractivity contribution in [1.82, 2.24) is 0 Å². The van der Waals surface area contributed by atoms with E-state index < -0.39 is 0 Å². The van der Waals surface area contributed by atoms with Crippen molar-refractivity contribution in [1.29, 1.82) is 0 Å². The quantitative estimate of drug-likeness (QED) is 0.488. The maximum atomic E-state index is 11.9. The zero-order valence-electron chi connectivity index (χ0n) is 11.2. The van der Waals surface area contributed by atoms with E-state index in [1.807, 2.05) is 31.2 Å². The first-order chi connectivity index (χ1) is 8.52. The molecule has 2 N–H and O–H groups in total. The average molecular weight is 267 g/mol. The van der Waals surface area contributed by atoms with E-state index in [9.17, 15) is 4.79 Å². The van der Waals surface area contributed by atoms with Crippen molar-refractivity contribution >= 4 is 23.4 Å². The summed E-state index contributed by atoms with van der Waals surface area (Å²) in [4.78, 5) is 12.9. The molecule has 18 heavy (non-hydrogen) atoms. The number of carbonyl (C=O) groups is 1. The first-order valence-electron chi connectivity index (χ1n) is 6.21. The maximum absolute atomic E-state index is 11.9. The van der Waals surface area contributed by atoms with Crippen LogP contribution < -0.4 is 5.73 Å². The van der Waals surface area contributed by atoms with Crippen molar-refractivity contribution in [2.24, 2.45) is 5.92 Å². The second-order valence-corrected chi connectivity index (χ2v) is 5.83. The second-order valence-electron chi connectivity index (χ2n) is 4.56. The zero-order valence-corrected chi connectivity index (χ0v) is 12.0. The summed E-state index contributed by atoms with van der Waals surface area (Å²) >= 11 is 1.54. The predicted molar refractivity (Wildman–Crippen MR) is 76.6 cm³/mol. The fourth-order valence-corrected chi connectivity index (χ4v) is 2.83. The summed E-state index contributed by atoms with van der Waals surface area (Å²) in [7, 11) is 0. The molecule has 0 aliphatic heterocycles. The van der Waals surface area contributed by atoms with Crippen LogP contribution in [0.5, 0.6) is 0 Å². The van der Waals surface area contributed by atoms with Crippen molar-refractivity contribution in [3.8, 4) is 0 Å². The van der Waals surface area contributed by atoms with Gasteiger partial charge in [0, 0.05) is 10.6 Å². The van der Waals surface area contributed by atoms with Crippen molar-refractivity contribution in [3.63, 3.8) is 0 Å². The van der Waals surface area contributed by atoms with E-state index in [1.165, 1.54) is 0 Å². The Hall–Kier alpha value is -1.16. The van der Waals surface area contributed by atoms with Gasteiger partial charge in [-0.3, -0.25) is 4.79 Å². The number of hydrogen-bond donors (Lipinski definition) is 1. The summed E-state index contributed by atoms with van der Waals surface area (Å²) in [6.07, 6.45) is 0.813. The van der Waals surface area contributed by atoms with Gasteiger partial charge in [0.2, 0.25) is 0 Å². The Balaban J connectivity index is 2.71. The third-order valence-electron chi connectivity index (χ3n) is 2.39. The fourth-order valence-electron chi connectivity index (χ4n) is 1.57. The van der Waals surface area contributed by atoms with Crippen LogP contribution in [0, 0.1) is 5.92 Å². The minimum Gasteiger partial charge on any atom is -0.465 e. The number of thioether (sulfide) groups is 1. The van der Waals surface area contributed by atoms with Crippen LogP contribution in [0.4, 0.5) is 5.69 Å². The summed E-state index contributed by atoms with van der Waals surface area (Å²) in [6.45, 7) is 6.47. The number of anilines is 1. The van der Waals surface area contributed by atoms with Gasteiger partial charge in [-0.05, 0) is 43.5 Å². The number of nitrogens with two attached hydrogens (primary N) is 1. The molecular formula is C14H21NO2S. The molecule has 0 aromatic heterocycles. The van der Waals surface area contributed by atoms with E-state index >= 15 is 0 Å². The van der Waals surface area contributed by atoms with Gasteiger partial charge in [-0.15, -0.1) is 11.8 Å². The van der Waals surface area contributed by atoms with Gasteiger partial charge in [-0.1, -0.05) is 13.8 Å². The summed E-state index contributed by atoms with van der Waals surface area (Å²) in [6, 6.07) is 7.57. The Morgan fingerprint density at radius 2 is 1.94 bits per heavy atom. The first-order valence-corrected chi connectivity index (χ1v) is 7.09. The Kier molecular flexibility index (Phi) is 6.05. The van der Waals surface area contributed by atoms with E-state index in [4.69, 9.17) is 10.5 Å². The SMILES string of the molecule is CCOC(=O)C(CC(C)C)Sc1ccc(N)cc1. The van der Waals surface area contributed by atoms with Crippen LogP contribution in [0.1, 0.15) is 27.2 Å². The number of esters is 1. The predicted octanol–water partition coefficient (Wildman–Crippen LogP) is 3.34. The van der Waals surface area contributed by atoms with Crippen molar-refractivity contribution < 1.29 is 9.53 Å². The molecule has 0 saturated carbocycles. The van der Waals surface area contributed by atoms with Gasteiger partial charge in [0.1, 0.15) is 5.25 Å². The standard InChI is InChI=1S/C14H21NO2S/c1-4-17-14(16)13(9-10(2)3)18-12-7-5-11(15)6-8-12/h5-8,10,13H,4,9,15H2,1-3H3. The summed E-state index contributed by atoms with van der Waals surface area (Å²) in [5, 5.41) is -0.145. The Morgan fingerprint density at radius 1 is 1.33 bits per heavy atom. The maximum Gasteiger partial charge on any atom is 0.319 e. The first kappa shape index (κ1) is 14.9. The van der Waals surface area contributed by atoms with E-state index in [0.29, 0.717) is 12.5 Å². The van der Waals surface area contributed by atoms with Gasteiger partial charge < -0.3 is 10.5 Å².